The first-order chi connectivity index (χ1) is 15.3. The molecule has 0 heterocycles. The van der Waals surface area contributed by atoms with Gasteiger partial charge < -0.3 is 20.1 Å². The number of carbonyl (C=O) groups excluding carboxylic acids is 2. The maximum Gasteiger partial charge on any atom is 0.407 e. The summed E-state index contributed by atoms with van der Waals surface area (Å²) < 4.78 is 5.53. The predicted molar refractivity (Wildman–Crippen MR) is 121 cm³/mol. The Hall–Kier alpha value is -3.61. The molecule has 0 bridgehead atoms. The number of rotatable bonds is 9. The molecule has 0 aromatic heterocycles. The van der Waals surface area contributed by atoms with Gasteiger partial charge in [-0.15, -0.1) is 6.58 Å². The van der Waals surface area contributed by atoms with Crippen LogP contribution in [-0.2, 0) is 14.3 Å². The first kappa shape index (κ1) is 23.1. The predicted octanol–water partition coefficient (Wildman–Crippen LogP) is 3.65. The van der Waals surface area contributed by atoms with Crippen LogP contribution in [0.3, 0.4) is 0 Å². The fraction of sp³-hybridized carbons (Fsp3) is 0.320. The van der Waals surface area contributed by atoms with Gasteiger partial charge >= 0.3 is 12.1 Å². The van der Waals surface area contributed by atoms with E-state index in [2.05, 4.69) is 24.0 Å². The number of benzene rings is 2. The summed E-state index contributed by atoms with van der Waals surface area (Å²) in [4.78, 5) is 37.7. The number of ether oxygens (including phenoxy) is 1. The number of carboxylic acid groups (broad SMARTS) is 1. The van der Waals surface area contributed by atoms with Crippen LogP contribution in [0.15, 0.2) is 61.2 Å². The standard InChI is InChI=1S/C25H28N2O5/c1-4-13-27(14-22(28)29)24(30)23(16(2)3)26-25(31)32-15-21-19-11-7-5-9-17(19)18-10-6-8-12-20(18)21/h4-12,16,21,23H,1,13-15H2,2-3H3,(H,26,31)(H,28,29)/t23-/m0/s1. The molecule has 0 saturated carbocycles. The molecule has 3 rings (SSSR count). The molecule has 1 aliphatic carbocycles. The van der Waals surface area contributed by atoms with Crippen LogP contribution in [0.2, 0.25) is 0 Å². The van der Waals surface area contributed by atoms with E-state index in [1.807, 2.05) is 36.4 Å². The van der Waals surface area contributed by atoms with Gasteiger partial charge in [-0.25, -0.2) is 4.79 Å². The molecule has 0 spiro atoms. The Morgan fingerprint density at radius 2 is 1.66 bits per heavy atom. The molecule has 2 aromatic carbocycles. The molecule has 32 heavy (non-hydrogen) atoms. The number of nitrogens with zero attached hydrogens (tertiary/aromatic N) is 1. The van der Waals surface area contributed by atoms with Crippen LogP contribution in [0.25, 0.3) is 11.1 Å². The topological polar surface area (TPSA) is 95.9 Å². The van der Waals surface area contributed by atoms with Crippen molar-refractivity contribution in [1.29, 1.82) is 0 Å². The molecular weight excluding hydrogens is 408 g/mol. The second kappa shape index (κ2) is 10.1. The number of carboxylic acids is 1. The van der Waals surface area contributed by atoms with Gasteiger partial charge in [0.05, 0.1) is 0 Å². The minimum Gasteiger partial charge on any atom is -0.480 e. The Balaban J connectivity index is 1.69. The van der Waals surface area contributed by atoms with Crippen molar-refractivity contribution < 1.29 is 24.2 Å². The minimum absolute atomic E-state index is 0.0702. The van der Waals surface area contributed by atoms with E-state index in [1.54, 1.807) is 13.8 Å². The third-order valence-electron chi connectivity index (χ3n) is 5.54. The number of nitrogens with one attached hydrogen (secondary N) is 1. The van der Waals surface area contributed by atoms with Gasteiger partial charge in [-0.05, 0) is 28.2 Å². The van der Waals surface area contributed by atoms with Crippen LogP contribution in [0.4, 0.5) is 4.79 Å². The second-order valence-electron chi connectivity index (χ2n) is 8.09. The molecule has 0 fully saturated rings. The molecule has 0 saturated heterocycles. The zero-order valence-electron chi connectivity index (χ0n) is 18.3. The summed E-state index contributed by atoms with van der Waals surface area (Å²) in [5.74, 6) is -1.98. The third kappa shape index (κ3) is 4.99. The van der Waals surface area contributed by atoms with E-state index >= 15 is 0 Å². The number of hydrogen-bond donors (Lipinski definition) is 2. The van der Waals surface area contributed by atoms with Crippen LogP contribution in [0, 0.1) is 5.92 Å². The van der Waals surface area contributed by atoms with E-state index in [0.717, 1.165) is 27.2 Å². The SMILES string of the molecule is C=CCN(CC(=O)O)C(=O)[C@@H](NC(=O)OCC1c2ccccc2-c2ccccc21)C(C)C. The van der Waals surface area contributed by atoms with Gasteiger partial charge in [-0.2, -0.15) is 0 Å². The molecule has 2 N–H and O–H groups in total. The lowest BCUT2D eigenvalue weighted by Gasteiger charge is -2.28. The number of hydrogen-bond acceptors (Lipinski definition) is 4. The van der Waals surface area contributed by atoms with Gasteiger partial charge in [0, 0.05) is 12.5 Å². The van der Waals surface area contributed by atoms with E-state index < -0.39 is 30.6 Å². The summed E-state index contributed by atoms with van der Waals surface area (Å²) in [6, 6.07) is 15.1. The fourth-order valence-electron chi connectivity index (χ4n) is 4.03. The Labute approximate surface area is 187 Å². The molecule has 7 nitrogen and oxygen atoms in total. The van der Waals surface area contributed by atoms with Crippen molar-refractivity contribution in [2.75, 3.05) is 19.7 Å². The summed E-state index contributed by atoms with van der Waals surface area (Å²) in [6.45, 7) is 6.85. The zero-order valence-corrected chi connectivity index (χ0v) is 18.3. The van der Waals surface area contributed by atoms with Crippen molar-refractivity contribution in [2.24, 2.45) is 5.92 Å². The monoisotopic (exact) mass is 436 g/mol. The van der Waals surface area contributed by atoms with Crippen LogP contribution in [0.5, 0.6) is 0 Å². The quantitative estimate of drug-likeness (QED) is 0.585. The van der Waals surface area contributed by atoms with Crippen molar-refractivity contribution >= 4 is 18.0 Å². The first-order valence-electron chi connectivity index (χ1n) is 10.6. The Bertz CT molecular complexity index is 971. The summed E-state index contributed by atoms with van der Waals surface area (Å²) >= 11 is 0. The van der Waals surface area contributed by atoms with Gasteiger partial charge in [0.25, 0.3) is 0 Å². The molecule has 0 aliphatic heterocycles. The van der Waals surface area contributed by atoms with E-state index in [4.69, 9.17) is 9.84 Å². The summed E-state index contributed by atoms with van der Waals surface area (Å²) in [5.41, 5.74) is 4.44. The van der Waals surface area contributed by atoms with Crippen LogP contribution >= 0.6 is 0 Å². The van der Waals surface area contributed by atoms with Gasteiger partial charge in [0.2, 0.25) is 5.91 Å². The number of alkyl carbamates (subject to hydrolysis) is 1. The maximum absolute atomic E-state index is 12.9. The van der Waals surface area contributed by atoms with E-state index in [-0.39, 0.29) is 25.0 Å². The average Bonchev–Trinajstić information content (AvgIpc) is 3.08. The lowest BCUT2D eigenvalue weighted by molar-refractivity contribution is -0.145. The lowest BCUT2D eigenvalue weighted by Crippen LogP contribution is -2.52. The van der Waals surface area contributed by atoms with Crippen molar-refractivity contribution in [3.05, 3.63) is 72.3 Å². The van der Waals surface area contributed by atoms with E-state index in [0.29, 0.717) is 0 Å². The lowest BCUT2D eigenvalue weighted by atomic mass is 9.98. The average molecular weight is 437 g/mol. The number of carbonyl (C=O) groups is 3. The molecule has 0 radical (unpaired) electrons. The zero-order chi connectivity index (χ0) is 23.3. The minimum atomic E-state index is -1.14. The van der Waals surface area contributed by atoms with Gasteiger partial charge in [-0.3, -0.25) is 9.59 Å². The van der Waals surface area contributed by atoms with Crippen LogP contribution in [-0.4, -0.2) is 53.7 Å². The fourth-order valence-corrected chi connectivity index (χ4v) is 4.03. The van der Waals surface area contributed by atoms with Crippen molar-refractivity contribution in [2.45, 2.75) is 25.8 Å². The third-order valence-corrected chi connectivity index (χ3v) is 5.54. The first-order valence-corrected chi connectivity index (χ1v) is 10.6. The Morgan fingerprint density at radius 1 is 1.09 bits per heavy atom. The normalized spacial score (nSPS) is 13.1. The summed E-state index contributed by atoms with van der Waals surface area (Å²) in [5, 5.41) is 11.7. The molecule has 0 unspecified atom stereocenters. The van der Waals surface area contributed by atoms with Gasteiger partial charge in [0.1, 0.15) is 19.2 Å². The van der Waals surface area contributed by atoms with Crippen LogP contribution in [0.1, 0.15) is 30.9 Å². The van der Waals surface area contributed by atoms with Crippen molar-refractivity contribution in [3.8, 4) is 11.1 Å². The molecule has 7 heteroatoms. The number of aliphatic carboxylic acids is 1. The second-order valence-corrected chi connectivity index (χ2v) is 8.09. The largest absolute Gasteiger partial charge is 0.480 e. The highest BCUT2D eigenvalue weighted by Crippen LogP contribution is 2.44. The Kier molecular flexibility index (Phi) is 7.30. The summed E-state index contributed by atoms with van der Waals surface area (Å²) in [6.07, 6.45) is 0.735. The highest BCUT2D eigenvalue weighted by molar-refractivity contribution is 5.88. The maximum atomic E-state index is 12.9. The molecular formula is C25H28N2O5. The van der Waals surface area contributed by atoms with Crippen molar-refractivity contribution in [1.82, 2.24) is 10.2 Å². The summed E-state index contributed by atoms with van der Waals surface area (Å²) in [7, 11) is 0. The number of fused-ring (bicyclic) bond motifs is 3. The highest BCUT2D eigenvalue weighted by atomic mass is 16.5. The van der Waals surface area contributed by atoms with Gasteiger partial charge in [-0.1, -0.05) is 68.5 Å². The number of amides is 2. The van der Waals surface area contributed by atoms with Crippen LogP contribution < -0.4 is 5.32 Å². The molecule has 1 atom stereocenters. The molecule has 168 valence electrons. The van der Waals surface area contributed by atoms with E-state index in [9.17, 15) is 14.4 Å². The smallest absolute Gasteiger partial charge is 0.407 e. The molecule has 2 aromatic rings. The molecule has 1 aliphatic rings. The van der Waals surface area contributed by atoms with Crippen molar-refractivity contribution in [3.63, 3.8) is 0 Å². The highest BCUT2D eigenvalue weighted by Gasteiger charge is 2.32. The molecule has 2 amide bonds. The van der Waals surface area contributed by atoms with E-state index in [1.165, 1.54) is 6.08 Å². The van der Waals surface area contributed by atoms with Gasteiger partial charge in [0.15, 0.2) is 0 Å². The Morgan fingerprint density at radius 3 is 2.16 bits per heavy atom.